The van der Waals surface area contributed by atoms with Crippen LogP contribution in [0, 0.1) is 5.92 Å². The number of fused-ring (bicyclic) bond motifs is 1. The van der Waals surface area contributed by atoms with Gasteiger partial charge < -0.3 is 34.9 Å². The summed E-state index contributed by atoms with van der Waals surface area (Å²) in [6, 6.07) is 5.68. The van der Waals surface area contributed by atoms with Crippen molar-refractivity contribution in [3.8, 4) is 5.75 Å². The van der Waals surface area contributed by atoms with Crippen molar-refractivity contribution in [2.24, 2.45) is 5.92 Å². The van der Waals surface area contributed by atoms with Gasteiger partial charge in [0.05, 0.1) is 6.61 Å². The van der Waals surface area contributed by atoms with E-state index in [-0.39, 0.29) is 5.75 Å². The number of esters is 1. The predicted molar refractivity (Wildman–Crippen MR) is 90.4 cm³/mol. The summed E-state index contributed by atoms with van der Waals surface area (Å²) in [5.74, 6) is -2.76. The highest BCUT2D eigenvalue weighted by Crippen LogP contribution is 2.32. The summed E-state index contributed by atoms with van der Waals surface area (Å²) in [7, 11) is 0. The molecule has 2 aromatic rings. The molecule has 1 aliphatic heterocycles. The molecule has 4 N–H and O–H groups in total. The molecule has 8 nitrogen and oxygen atoms in total. The van der Waals surface area contributed by atoms with Gasteiger partial charge in [-0.3, -0.25) is 0 Å². The first kappa shape index (κ1) is 18.8. The Morgan fingerprint density at radius 3 is 2.73 bits per heavy atom. The maximum atomic E-state index is 12.3. The second-order valence-electron chi connectivity index (χ2n) is 6.97. The maximum absolute atomic E-state index is 12.3. The molecule has 3 rings (SSSR count). The summed E-state index contributed by atoms with van der Waals surface area (Å²) in [4.78, 5) is 16.5. The highest BCUT2D eigenvalue weighted by Gasteiger charge is 2.56. The first-order chi connectivity index (χ1) is 12.2. The van der Waals surface area contributed by atoms with Crippen LogP contribution in [0.5, 0.6) is 5.75 Å². The van der Waals surface area contributed by atoms with Crippen molar-refractivity contribution in [2.75, 3.05) is 6.61 Å². The van der Waals surface area contributed by atoms with E-state index in [0.29, 0.717) is 16.8 Å². The topological polar surface area (TPSA) is 131 Å². The lowest BCUT2D eigenvalue weighted by molar-refractivity contribution is -0.246. The van der Waals surface area contributed by atoms with Crippen molar-refractivity contribution >= 4 is 16.9 Å². The first-order valence-corrected chi connectivity index (χ1v) is 8.38. The van der Waals surface area contributed by atoms with Crippen molar-refractivity contribution in [3.05, 3.63) is 30.0 Å². The fourth-order valence-corrected chi connectivity index (χ4v) is 3.05. The lowest BCUT2D eigenvalue weighted by Gasteiger charge is -2.22. The zero-order valence-corrected chi connectivity index (χ0v) is 14.5. The average Bonchev–Trinajstić information content (AvgIpc) is 3.09. The van der Waals surface area contributed by atoms with Gasteiger partial charge in [-0.05, 0) is 24.0 Å². The Hall–Kier alpha value is -1.97. The number of aromatic nitrogens is 1. The van der Waals surface area contributed by atoms with Gasteiger partial charge in [0.15, 0.2) is 6.10 Å². The summed E-state index contributed by atoms with van der Waals surface area (Å²) >= 11 is 0. The number of aliphatic hydroxyl groups excluding tert-OH is 3. The predicted octanol–water partition coefficient (Wildman–Crippen LogP) is -0.298. The molecule has 1 fully saturated rings. The molecule has 0 aliphatic carbocycles. The molecule has 142 valence electrons. The normalized spacial score (nSPS) is 28.8. The number of ether oxygens (including phenoxy) is 2. The van der Waals surface area contributed by atoms with Crippen LogP contribution in [0.15, 0.2) is 24.4 Å². The zero-order chi connectivity index (χ0) is 19.1. The second kappa shape index (κ2) is 6.98. The molecule has 8 heteroatoms. The number of nitrogens with zero attached hydrogens (tertiary/aromatic N) is 1. The molecular weight excluding hydrogens is 342 g/mol. The number of hydrogen-bond donors (Lipinski definition) is 4. The van der Waals surface area contributed by atoms with Crippen LogP contribution in [0.4, 0.5) is 0 Å². The van der Waals surface area contributed by atoms with Gasteiger partial charge in [-0.1, -0.05) is 26.0 Å². The minimum Gasteiger partial charge on any atom is -0.661 e. The number of benzene rings is 1. The van der Waals surface area contributed by atoms with Crippen LogP contribution >= 0.6 is 0 Å². The summed E-state index contributed by atoms with van der Waals surface area (Å²) in [6.45, 7) is 3.22. The molecule has 0 amide bonds. The first-order valence-electron chi connectivity index (χ1n) is 8.38. The summed E-state index contributed by atoms with van der Waals surface area (Å²) in [5, 5.41) is 39.3. The fourth-order valence-electron chi connectivity index (χ4n) is 3.05. The van der Waals surface area contributed by atoms with E-state index in [1.807, 2.05) is 18.2 Å². The fraction of sp³-hybridized carbons (Fsp3) is 0.500. The molecular formula is C18H22NO7-. The molecule has 1 aromatic carbocycles. The Morgan fingerprint density at radius 2 is 2.12 bits per heavy atom. The zero-order valence-electron chi connectivity index (χ0n) is 14.5. The van der Waals surface area contributed by atoms with Gasteiger partial charge in [0.2, 0.25) is 5.79 Å². The highest BCUT2D eigenvalue weighted by atomic mass is 16.7. The SMILES string of the molecule is CC(C)Cc1ccc2[n-]cc(OC(=O)[C@@H]3O[C@@](O)(CO)[C@H](O)[C@H]3O)c2c1. The largest absolute Gasteiger partial charge is 0.661 e. The Bertz CT molecular complexity index is 802. The molecule has 26 heavy (non-hydrogen) atoms. The van der Waals surface area contributed by atoms with E-state index >= 15 is 0 Å². The molecule has 0 saturated carbocycles. The second-order valence-corrected chi connectivity index (χ2v) is 6.97. The lowest BCUT2D eigenvalue weighted by atomic mass is 10.0. The third-order valence-electron chi connectivity index (χ3n) is 4.39. The quantitative estimate of drug-likeness (QED) is 0.532. The van der Waals surface area contributed by atoms with E-state index in [2.05, 4.69) is 18.8 Å². The molecule has 2 heterocycles. The van der Waals surface area contributed by atoms with Gasteiger partial charge in [-0.15, -0.1) is 11.7 Å². The number of carbonyl (C=O) groups is 1. The van der Waals surface area contributed by atoms with Crippen LogP contribution in [0.1, 0.15) is 19.4 Å². The van der Waals surface area contributed by atoms with E-state index in [1.54, 1.807) is 0 Å². The average molecular weight is 364 g/mol. The molecule has 0 spiro atoms. The standard InChI is InChI=1S/C18H22NO7/c1-9(2)5-10-3-4-12-11(6-10)13(7-19-12)25-17(23)15-14(21)16(22)18(24,8-20)26-15/h3-4,6-7,9,14-16,20-22,24H,5,8H2,1-2H3/q-1/t14-,15+,16+,18-/m0/s1. The Kier molecular flexibility index (Phi) is 5.05. The van der Waals surface area contributed by atoms with E-state index in [9.17, 15) is 20.1 Å². The minimum atomic E-state index is -2.42. The highest BCUT2D eigenvalue weighted by molar-refractivity contribution is 5.90. The molecule has 1 aromatic heterocycles. The Morgan fingerprint density at radius 1 is 1.38 bits per heavy atom. The number of aliphatic hydroxyl groups is 4. The molecule has 0 bridgehead atoms. The molecule has 0 unspecified atom stereocenters. The third kappa shape index (κ3) is 3.34. The lowest BCUT2D eigenvalue weighted by Crippen LogP contribution is -2.46. The van der Waals surface area contributed by atoms with Gasteiger partial charge in [-0.2, -0.15) is 0 Å². The maximum Gasteiger partial charge on any atom is 0.343 e. The van der Waals surface area contributed by atoms with Crippen LogP contribution < -0.4 is 9.72 Å². The smallest absolute Gasteiger partial charge is 0.343 e. The van der Waals surface area contributed by atoms with Crippen LogP contribution in [0.2, 0.25) is 0 Å². The summed E-state index contributed by atoms with van der Waals surface area (Å²) < 4.78 is 10.2. The molecule has 1 saturated heterocycles. The van der Waals surface area contributed by atoms with Crippen LogP contribution in [0.3, 0.4) is 0 Å². The Balaban J connectivity index is 1.81. The number of carbonyl (C=O) groups excluding carboxylic acids is 1. The van der Waals surface area contributed by atoms with Gasteiger partial charge >= 0.3 is 5.97 Å². The third-order valence-corrected chi connectivity index (χ3v) is 4.39. The molecule has 4 atom stereocenters. The van der Waals surface area contributed by atoms with Crippen LogP contribution in [0.25, 0.3) is 10.9 Å². The van der Waals surface area contributed by atoms with Crippen molar-refractivity contribution in [2.45, 2.75) is 44.4 Å². The Labute approximate surface area is 150 Å². The number of hydrogen-bond acceptors (Lipinski definition) is 7. The monoisotopic (exact) mass is 364 g/mol. The molecule has 1 aliphatic rings. The van der Waals surface area contributed by atoms with E-state index < -0.39 is 36.7 Å². The van der Waals surface area contributed by atoms with Crippen molar-refractivity contribution in [1.29, 1.82) is 0 Å². The number of rotatable bonds is 5. The summed E-state index contributed by atoms with van der Waals surface area (Å²) in [5.41, 5.74) is 1.72. The van der Waals surface area contributed by atoms with Gasteiger partial charge in [0.25, 0.3) is 0 Å². The summed E-state index contributed by atoms with van der Waals surface area (Å²) in [6.07, 6.45) is -2.96. The van der Waals surface area contributed by atoms with E-state index in [4.69, 9.17) is 14.6 Å². The molecule has 0 radical (unpaired) electrons. The van der Waals surface area contributed by atoms with Crippen molar-refractivity contribution < 1.29 is 34.7 Å². The van der Waals surface area contributed by atoms with Crippen LogP contribution in [-0.4, -0.2) is 57.1 Å². The van der Waals surface area contributed by atoms with Crippen LogP contribution in [-0.2, 0) is 16.0 Å². The van der Waals surface area contributed by atoms with Gasteiger partial charge in [0.1, 0.15) is 18.0 Å². The van der Waals surface area contributed by atoms with E-state index in [1.165, 1.54) is 6.20 Å². The van der Waals surface area contributed by atoms with Crippen molar-refractivity contribution in [1.82, 2.24) is 4.98 Å². The van der Waals surface area contributed by atoms with E-state index in [0.717, 1.165) is 12.0 Å². The van der Waals surface area contributed by atoms with Gasteiger partial charge in [-0.25, -0.2) is 4.79 Å². The van der Waals surface area contributed by atoms with Gasteiger partial charge in [0, 0.05) is 5.39 Å². The minimum absolute atomic E-state index is 0.195. The van der Waals surface area contributed by atoms with Crippen molar-refractivity contribution in [3.63, 3.8) is 0 Å².